The molecule has 2 aromatic rings. The van der Waals surface area contributed by atoms with Gasteiger partial charge in [0.05, 0.1) is 0 Å². The van der Waals surface area contributed by atoms with E-state index in [1.807, 2.05) is 24.3 Å². The number of benzene rings is 2. The van der Waals surface area contributed by atoms with Gasteiger partial charge in [-0.15, -0.1) is 0 Å². The smallest absolute Gasteiger partial charge is 0.115 e. The number of rotatable bonds is 3. The van der Waals surface area contributed by atoms with Crippen molar-refractivity contribution >= 4 is 0 Å². The van der Waals surface area contributed by atoms with Crippen molar-refractivity contribution in [2.24, 2.45) is 29.6 Å². The Balaban J connectivity index is 1.83. The lowest BCUT2D eigenvalue weighted by molar-refractivity contribution is 0.126. The van der Waals surface area contributed by atoms with Crippen LogP contribution in [0.2, 0.25) is 0 Å². The van der Waals surface area contributed by atoms with Gasteiger partial charge in [0.2, 0.25) is 0 Å². The van der Waals surface area contributed by atoms with E-state index in [9.17, 15) is 10.2 Å². The van der Waals surface area contributed by atoms with Crippen LogP contribution >= 0.6 is 0 Å². The lowest BCUT2D eigenvalue weighted by Crippen LogP contribution is -2.30. The minimum atomic E-state index is 0.338. The normalized spacial score (nSPS) is 33.5. The van der Waals surface area contributed by atoms with Gasteiger partial charge in [0.25, 0.3) is 0 Å². The first kappa shape index (κ1) is 17.5. The SMILES string of the molecule is CC1CC2C(c3ccc(O)cc3)C(c3ccc(O)cc3)C(C1)C2C(C)C. The number of aromatic hydroxyl groups is 2. The topological polar surface area (TPSA) is 40.5 Å². The van der Waals surface area contributed by atoms with Crippen LogP contribution in [-0.2, 0) is 0 Å². The average Bonchev–Trinajstić information content (AvgIpc) is 2.82. The summed E-state index contributed by atoms with van der Waals surface area (Å²) >= 11 is 0. The maximum absolute atomic E-state index is 9.75. The van der Waals surface area contributed by atoms with E-state index >= 15 is 0 Å². The van der Waals surface area contributed by atoms with Crippen LogP contribution in [0.3, 0.4) is 0 Å². The molecule has 2 bridgehead atoms. The molecule has 0 aliphatic heterocycles. The third kappa shape index (κ3) is 2.90. The minimum Gasteiger partial charge on any atom is -0.508 e. The number of phenols is 2. The first-order valence-electron chi connectivity index (χ1n) is 10.0. The summed E-state index contributed by atoms with van der Waals surface area (Å²) in [5.41, 5.74) is 2.71. The van der Waals surface area contributed by atoms with E-state index in [0.717, 1.165) is 11.8 Å². The molecule has 2 nitrogen and oxygen atoms in total. The monoisotopic (exact) mass is 350 g/mol. The third-order valence-corrected chi connectivity index (χ3v) is 6.97. The van der Waals surface area contributed by atoms with Gasteiger partial charge in [0.15, 0.2) is 0 Å². The molecule has 4 atom stereocenters. The van der Waals surface area contributed by atoms with Crippen molar-refractivity contribution in [2.45, 2.75) is 45.4 Å². The summed E-state index contributed by atoms with van der Waals surface area (Å²) < 4.78 is 0. The molecule has 2 aliphatic carbocycles. The molecule has 2 heteroatoms. The molecule has 2 aliphatic rings. The maximum atomic E-state index is 9.75. The van der Waals surface area contributed by atoms with E-state index in [1.54, 1.807) is 0 Å². The zero-order chi connectivity index (χ0) is 18.4. The maximum Gasteiger partial charge on any atom is 0.115 e. The number of hydrogen-bond acceptors (Lipinski definition) is 2. The summed E-state index contributed by atoms with van der Waals surface area (Å²) in [7, 11) is 0. The van der Waals surface area contributed by atoms with Gasteiger partial charge in [-0.25, -0.2) is 0 Å². The molecule has 4 rings (SSSR count). The second kappa shape index (κ2) is 6.64. The van der Waals surface area contributed by atoms with Gasteiger partial charge in [-0.1, -0.05) is 45.0 Å². The van der Waals surface area contributed by atoms with Crippen LogP contribution in [-0.4, -0.2) is 10.2 Å². The summed E-state index contributed by atoms with van der Waals surface area (Å²) in [4.78, 5) is 0. The molecular formula is C24H30O2. The van der Waals surface area contributed by atoms with Gasteiger partial charge in [-0.3, -0.25) is 0 Å². The summed E-state index contributed by atoms with van der Waals surface area (Å²) in [5.74, 6) is 5.21. The predicted molar refractivity (Wildman–Crippen MR) is 105 cm³/mol. The lowest BCUT2D eigenvalue weighted by Gasteiger charge is -2.38. The molecule has 0 saturated heterocycles. The van der Waals surface area contributed by atoms with Gasteiger partial charge >= 0.3 is 0 Å². The molecule has 0 spiro atoms. The van der Waals surface area contributed by atoms with Crippen molar-refractivity contribution in [3.63, 3.8) is 0 Å². The summed E-state index contributed by atoms with van der Waals surface area (Å²) in [6, 6.07) is 15.8. The largest absolute Gasteiger partial charge is 0.508 e. The van der Waals surface area contributed by atoms with Crippen molar-refractivity contribution in [3.8, 4) is 11.5 Å². The highest BCUT2D eigenvalue weighted by atomic mass is 16.3. The van der Waals surface area contributed by atoms with Gasteiger partial charge in [-0.2, -0.15) is 0 Å². The third-order valence-electron chi connectivity index (χ3n) is 6.97. The van der Waals surface area contributed by atoms with Crippen molar-refractivity contribution in [1.82, 2.24) is 0 Å². The first-order valence-corrected chi connectivity index (χ1v) is 10.0. The van der Waals surface area contributed by atoms with E-state index in [4.69, 9.17) is 0 Å². The zero-order valence-electron chi connectivity index (χ0n) is 16.0. The van der Waals surface area contributed by atoms with Gasteiger partial charge in [0.1, 0.15) is 11.5 Å². The Morgan fingerprint density at radius 1 is 0.731 bits per heavy atom. The van der Waals surface area contributed by atoms with Crippen LogP contribution in [0, 0.1) is 29.6 Å². The highest BCUT2D eigenvalue weighted by Gasteiger charge is 2.54. The van der Waals surface area contributed by atoms with Gasteiger partial charge in [0, 0.05) is 0 Å². The molecule has 0 heterocycles. The molecule has 0 amide bonds. The van der Waals surface area contributed by atoms with Crippen LogP contribution in [0.1, 0.15) is 56.6 Å². The highest BCUT2D eigenvalue weighted by Crippen LogP contribution is 2.64. The fraction of sp³-hybridized carbons (Fsp3) is 0.500. The van der Waals surface area contributed by atoms with Crippen LogP contribution in [0.15, 0.2) is 48.5 Å². The molecule has 2 fully saturated rings. The number of fused-ring (bicyclic) bond motifs is 2. The van der Waals surface area contributed by atoms with Crippen molar-refractivity contribution in [1.29, 1.82) is 0 Å². The molecule has 4 unspecified atom stereocenters. The lowest BCUT2D eigenvalue weighted by atomic mass is 9.67. The number of hydrogen-bond donors (Lipinski definition) is 2. The van der Waals surface area contributed by atoms with E-state index in [-0.39, 0.29) is 0 Å². The summed E-state index contributed by atoms with van der Waals surface area (Å²) in [5, 5.41) is 19.5. The standard InChI is InChI=1S/C24H30O2/c1-14(2)22-20-12-15(3)13-21(22)24(17-6-10-19(26)11-7-17)23(20)16-4-8-18(25)9-5-16/h4-11,14-15,20-26H,12-13H2,1-3H3. The molecule has 2 saturated carbocycles. The molecule has 2 N–H and O–H groups in total. The van der Waals surface area contributed by atoms with Crippen LogP contribution in [0.4, 0.5) is 0 Å². The fourth-order valence-corrected chi connectivity index (χ4v) is 6.25. The van der Waals surface area contributed by atoms with E-state index in [0.29, 0.717) is 41.1 Å². The number of phenolic OH excluding ortho intramolecular Hbond substituents is 2. The van der Waals surface area contributed by atoms with Crippen LogP contribution in [0.5, 0.6) is 11.5 Å². The molecule has 138 valence electrons. The zero-order valence-corrected chi connectivity index (χ0v) is 16.0. The Hall–Kier alpha value is -1.96. The van der Waals surface area contributed by atoms with Crippen molar-refractivity contribution in [2.75, 3.05) is 0 Å². The summed E-state index contributed by atoms with van der Waals surface area (Å²) in [6.07, 6.45) is 2.58. The Kier molecular flexibility index (Phi) is 4.46. The second-order valence-electron chi connectivity index (χ2n) is 8.96. The first-order chi connectivity index (χ1) is 12.5. The molecule has 26 heavy (non-hydrogen) atoms. The Morgan fingerprint density at radius 2 is 1.12 bits per heavy atom. The van der Waals surface area contributed by atoms with Crippen LogP contribution < -0.4 is 0 Å². The van der Waals surface area contributed by atoms with Crippen molar-refractivity contribution < 1.29 is 10.2 Å². The predicted octanol–water partition coefficient (Wildman–Crippen LogP) is 5.91. The van der Waals surface area contributed by atoms with E-state index in [2.05, 4.69) is 45.0 Å². The minimum absolute atomic E-state index is 0.338. The quantitative estimate of drug-likeness (QED) is 0.722. The molecule has 0 radical (unpaired) electrons. The Bertz CT molecular complexity index is 685. The average molecular weight is 351 g/mol. The molecule has 0 aromatic heterocycles. The Morgan fingerprint density at radius 3 is 1.46 bits per heavy atom. The second-order valence-corrected chi connectivity index (χ2v) is 8.96. The van der Waals surface area contributed by atoms with E-state index in [1.165, 1.54) is 24.0 Å². The highest BCUT2D eigenvalue weighted by molar-refractivity contribution is 5.38. The van der Waals surface area contributed by atoms with Gasteiger partial charge < -0.3 is 10.2 Å². The molecular weight excluding hydrogens is 320 g/mol. The summed E-state index contributed by atoms with van der Waals surface area (Å²) in [6.45, 7) is 7.17. The van der Waals surface area contributed by atoms with Crippen molar-refractivity contribution in [3.05, 3.63) is 59.7 Å². The fourth-order valence-electron chi connectivity index (χ4n) is 6.25. The van der Waals surface area contributed by atoms with Gasteiger partial charge in [-0.05, 0) is 89.7 Å². The Labute approximate surface area is 156 Å². The van der Waals surface area contributed by atoms with E-state index < -0.39 is 0 Å². The molecule has 2 aromatic carbocycles. The van der Waals surface area contributed by atoms with Crippen LogP contribution in [0.25, 0.3) is 0 Å².